The number of carbonyl (C=O) groups is 1. The summed E-state index contributed by atoms with van der Waals surface area (Å²) < 4.78 is 6.27. The molecule has 5 nitrogen and oxygen atoms in total. The van der Waals surface area contributed by atoms with Gasteiger partial charge in [-0.1, -0.05) is 0 Å². The van der Waals surface area contributed by atoms with E-state index in [2.05, 4.69) is 10.3 Å². The molecule has 0 radical (unpaired) electrons. The first-order valence-electron chi connectivity index (χ1n) is 5.61. The fourth-order valence-electron chi connectivity index (χ4n) is 1.74. The first-order valence-corrected chi connectivity index (χ1v) is 6.49. The zero-order valence-corrected chi connectivity index (χ0v) is 10.6. The Labute approximate surface area is 112 Å². The number of carboxylic acids is 1. The highest BCUT2D eigenvalue weighted by Crippen LogP contribution is 2.22. The van der Waals surface area contributed by atoms with Crippen LogP contribution in [0.25, 0.3) is 10.2 Å². The van der Waals surface area contributed by atoms with Crippen LogP contribution in [-0.2, 0) is 6.54 Å². The Hall–Kier alpha value is -2.34. The molecule has 3 aromatic rings. The molecule has 0 amide bonds. The highest BCUT2D eigenvalue weighted by atomic mass is 32.1. The Balaban J connectivity index is 1.72. The smallest absolute Gasteiger partial charge is 0.371 e. The molecule has 2 N–H and O–H groups in total. The number of carboxylic acid groups (broad SMARTS) is 1. The molecule has 0 unspecified atom stereocenters. The molecular formula is C13H10N2O3S. The predicted octanol–water partition coefficient (Wildman–Crippen LogP) is 3.20. The summed E-state index contributed by atoms with van der Waals surface area (Å²) in [6.45, 7) is 0.442. The number of nitrogens with one attached hydrogen (secondary N) is 1. The van der Waals surface area contributed by atoms with Crippen molar-refractivity contribution in [2.45, 2.75) is 6.54 Å². The topological polar surface area (TPSA) is 75.4 Å². The van der Waals surface area contributed by atoms with E-state index in [1.165, 1.54) is 6.07 Å². The van der Waals surface area contributed by atoms with Gasteiger partial charge in [0.1, 0.15) is 5.76 Å². The van der Waals surface area contributed by atoms with Crippen molar-refractivity contribution in [1.82, 2.24) is 4.98 Å². The molecule has 0 saturated carbocycles. The third kappa shape index (κ3) is 2.43. The van der Waals surface area contributed by atoms with Gasteiger partial charge in [0.2, 0.25) is 5.76 Å². The SMILES string of the molecule is O=C(O)c1ccc(CNc2ccc3ncsc3c2)o1. The van der Waals surface area contributed by atoms with Crippen molar-refractivity contribution in [3.8, 4) is 0 Å². The number of nitrogens with zero attached hydrogens (tertiary/aromatic N) is 1. The molecule has 0 fully saturated rings. The van der Waals surface area contributed by atoms with E-state index in [4.69, 9.17) is 9.52 Å². The molecule has 3 rings (SSSR count). The number of aromatic carboxylic acids is 1. The number of thiazole rings is 1. The van der Waals surface area contributed by atoms with Crippen molar-refractivity contribution in [1.29, 1.82) is 0 Å². The molecule has 0 aliphatic heterocycles. The van der Waals surface area contributed by atoms with Gasteiger partial charge in [0.15, 0.2) is 0 Å². The molecule has 0 saturated heterocycles. The predicted molar refractivity (Wildman–Crippen MR) is 72.6 cm³/mol. The molecule has 0 atom stereocenters. The van der Waals surface area contributed by atoms with Crippen LogP contribution >= 0.6 is 11.3 Å². The normalized spacial score (nSPS) is 10.7. The zero-order chi connectivity index (χ0) is 13.2. The van der Waals surface area contributed by atoms with E-state index in [0.717, 1.165) is 15.9 Å². The van der Waals surface area contributed by atoms with Gasteiger partial charge in [0, 0.05) is 5.69 Å². The minimum absolute atomic E-state index is 0.0466. The second kappa shape index (κ2) is 4.74. The van der Waals surface area contributed by atoms with Gasteiger partial charge in [-0.05, 0) is 30.3 Å². The van der Waals surface area contributed by atoms with Crippen LogP contribution in [0.2, 0.25) is 0 Å². The van der Waals surface area contributed by atoms with E-state index in [9.17, 15) is 4.79 Å². The van der Waals surface area contributed by atoms with E-state index in [1.54, 1.807) is 22.9 Å². The zero-order valence-electron chi connectivity index (χ0n) is 9.79. The lowest BCUT2D eigenvalue weighted by Gasteiger charge is -2.03. The van der Waals surface area contributed by atoms with Gasteiger partial charge < -0.3 is 14.8 Å². The van der Waals surface area contributed by atoms with Gasteiger partial charge in [0.25, 0.3) is 0 Å². The van der Waals surface area contributed by atoms with Gasteiger partial charge in [-0.25, -0.2) is 9.78 Å². The van der Waals surface area contributed by atoms with Crippen molar-refractivity contribution in [2.24, 2.45) is 0 Å². The van der Waals surface area contributed by atoms with Gasteiger partial charge in [-0.3, -0.25) is 0 Å². The number of furan rings is 1. The van der Waals surface area contributed by atoms with Crippen molar-refractivity contribution in [3.05, 3.63) is 47.4 Å². The number of hydrogen-bond donors (Lipinski definition) is 2. The van der Waals surface area contributed by atoms with Gasteiger partial charge in [-0.2, -0.15) is 0 Å². The average molecular weight is 274 g/mol. The highest BCUT2D eigenvalue weighted by molar-refractivity contribution is 7.16. The first kappa shape index (κ1) is 11.7. The highest BCUT2D eigenvalue weighted by Gasteiger charge is 2.08. The monoisotopic (exact) mass is 274 g/mol. The maximum atomic E-state index is 10.7. The van der Waals surface area contributed by atoms with Crippen LogP contribution in [0.4, 0.5) is 5.69 Å². The van der Waals surface area contributed by atoms with Crippen LogP contribution in [0.15, 0.2) is 40.3 Å². The molecule has 1 aromatic carbocycles. The molecule has 96 valence electrons. The summed E-state index contributed by atoms with van der Waals surface area (Å²) >= 11 is 1.58. The largest absolute Gasteiger partial charge is 0.475 e. The van der Waals surface area contributed by atoms with Crippen molar-refractivity contribution in [2.75, 3.05) is 5.32 Å². The molecule has 2 heterocycles. The van der Waals surface area contributed by atoms with Crippen LogP contribution in [-0.4, -0.2) is 16.1 Å². The second-order valence-corrected chi connectivity index (χ2v) is 4.85. The molecule has 19 heavy (non-hydrogen) atoms. The summed E-state index contributed by atoms with van der Waals surface area (Å²) in [5.74, 6) is -0.520. The number of benzene rings is 1. The van der Waals surface area contributed by atoms with Crippen LogP contribution in [0.1, 0.15) is 16.3 Å². The summed E-state index contributed by atoms with van der Waals surface area (Å²) in [5.41, 5.74) is 3.73. The fraction of sp³-hybridized carbons (Fsp3) is 0.0769. The Morgan fingerprint density at radius 3 is 3.05 bits per heavy atom. The lowest BCUT2D eigenvalue weighted by molar-refractivity contribution is 0.0660. The summed E-state index contributed by atoms with van der Waals surface area (Å²) in [6.07, 6.45) is 0. The molecule has 0 spiro atoms. The Bertz CT molecular complexity index is 732. The van der Waals surface area contributed by atoms with Crippen molar-refractivity contribution >= 4 is 33.2 Å². The number of fused-ring (bicyclic) bond motifs is 1. The van der Waals surface area contributed by atoms with Crippen LogP contribution in [0.3, 0.4) is 0 Å². The minimum atomic E-state index is -1.06. The maximum Gasteiger partial charge on any atom is 0.371 e. The van der Waals surface area contributed by atoms with Crippen molar-refractivity contribution < 1.29 is 14.3 Å². The third-order valence-corrected chi connectivity index (χ3v) is 3.46. The van der Waals surface area contributed by atoms with Crippen LogP contribution in [0, 0.1) is 0 Å². The third-order valence-electron chi connectivity index (χ3n) is 2.67. The van der Waals surface area contributed by atoms with Gasteiger partial charge in [-0.15, -0.1) is 11.3 Å². The van der Waals surface area contributed by atoms with E-state index >= 15 is 0 Å². The number of aromatic nitrogens is 1. The summed E-state index contributed by atoms with van der Waals surface area (Å²) in [6, 6.07) is 8.99. The molecule has 2 aromatic heterocycles. The number of anilines is 1. The summed E-state index contributed by atoms with van der Waals surface area (Å²) in [4.78, 5) is 14.9. The lowest BCUT2D eigenvalue weighted by atomic mass is 10.3. The summed E-state index contributed by atoms with van der Waals surface area (Å²) in [7, 11) is 0. The van der Waals surface area contributed by atoms with Crippen LogP contribution in [0.5, 0.6) is 0 Å². The fourth-order valence-corrected chi connectivity index (χ4v) is 2.46. The number of hydrogen-bond acceptors (Lipinski definition) is 5. The van der Waals surface area contributed by atoms with E-state index in [0.29, 0.717) is 12.3 Å². The minimum Gasteiger partial charge on any atom is -0.475 e. The Kier molecular flexibility index (Phi) is 2.92. The van der Waals surface area contributed by atoms with Crippen LogP contribution < -0.4 is 5.32 Å². The Morgan fingerprint density at radius 2 is 2.26 bits per heavy atom. The average Bonchev–Trinajstić information content (AvgIpc) is 3.04. The van der Waals surface area contributed by atoms with E-state index in [1.807, 2.05) is 18.2 Å². The quantitative estimate of drug-likeness (QED) is 0.764. The molecule has 6 heteroatoms. The first-order chi connectivity index (χ1) is 9.22. The van der Waals surface area contributed by atoms with Gasteiger partial charge in [0.05, 0.1) is 22.3 Å². The van der Waals surface area contributed by atoms with E-state index in [-0.39, 0.29) is 5.76 Å². The molecule has 0 aliphatic rings. The van der Waals surface area contributed by atoms with Crippen molar-refractivity contribution in [3.63, 3.8) is 0 Å². The van der Waals surface area contributed by atoms with Gasteiger partial charge >= 0.3 is 5.97 Å². The molecular weight excluding hydrogens is 264 g/mol. The number of rotatable bonds is 4. The Morgan fingerprint density at radius 1 is 1.37 bits per heavy atom. The second-order valence-electron chi connectivity index (χ2n) is 3.96. The molecule has 0 bridgehead atoms. The summed E-state index contributed by atoms with van der Waals surface area (Å²) in [5, 5.41) is 11.9. The maximum absolute atomic E-state index is 10.7. The standard InChI is InChI=1S/C13H10N2O3S/c16-13(17)11-4-2-9(18-11)6-14-8-1-3-10-12(5-8)19-7-15-10/h1-5,7,14H,6H2,(H,16,17). The molecule has 0 aliphatic carbocycles. The van der Waals surface area contributed by atoms with E-state index < -0.39 is 5.97 Å². The lowest BCUT2D eigenvalue weighted by Crippen LogP contribution is -1.98.